The molecule has 0 aliphatic rings. The quantitative estimate of drug-likeness (QED) is 0.677. The second kappa shape index (κ2) is 7.15. The van der Waals surface area contributed by atoms with E-state index in [1.165, 1.54) is 15.6 Å². The minimum Gasteiger partial charge on any atom is -0.320 e. The molecule has 0 aliphatic heterocycles. The summed E-state index contributed by atoms with van der Waals surface area (Å²) in [7, 11) is 0.0302. The molecule has 104 valence electrons. The molecule has 0 atom stereocenters. The molecule has 0 saturated carbocycles. The number of aryl methyl sites for hydroxylation is 1. The summed E-state index contributed by atoms with van der Waals surface area (Å²) in [6.07, 6.45) is 2.48. The van der Waals surface area contributed by atoms with Gasteiger partial charge in [-0.1, -0.05) is 0 Å². The summed E-state index contributed by atoms with van der Waals surface area (Å²) in [5.41, 5.74) is 0. The molecule has 1 heterocycles. The molecule has 1 aromatic heterocycles. The van der Waals surface area contributed by atoms with Crippen LogP contribution in [0, 0.1) is 6.92 Å². The van der Waals surface area contributed by atoms with Crippen LogP contribution in [0.3, 0.4) is 0 Å². The van der Waals surface area contributed by atoms with Gasteiger partial charge in [0, 0.05) is 31.2 Å². The van der Waals surface area contributed by atoms with Gasteiger partial charge in [0.25, 0.3) is 10.2 Å². The summed E-state index contributed by atoms with van der Waals surface area (Å²) < 4.78 is 27.7. The molecule has 1 aromatic rings. The summed E-state index contributed by atoms with van der Waals surface area (Å²) in [6, 6.07) is 0. The van der Waals surface area contributed by atoms with Crippen LogP contribution in [0.1, 0.15) is 16.3 Å². The fraction of sp³-hybridized carbons (Fsp3) is 0.700. The van der Waals surface area contributed by atoms with Crippen molar-refractivity contribution in [3.63, 3.8) is 0 Å². The second-order valence-corrected chi connectivity index (χ2v) is 7.13. The van der Waals surface area contributed by atoms with Crippen LogP contribution in [0.25, 0.3) is 0 Å². The molecular weight excluding hydrogens is 272 g/mol. The minimum atomic E-state index is -3.40. The molecular formula is C10H20N4O2S2. The van der Waals surface area contributed by atoms with Gasteiger partial charge in [0.1, 0.15) is 0 Å². The van der Waals surface area contributed by atoms with Crippen LogP contribution in [0.4, 0.5) is 0 Å². The Labute approximate surface area is 113 Å². The Bertz CT molecular complexity index is 458. The van der Waals surface area contributed by atoms with E-state index in [4.69, 9.17) is 0 Å². The van der Waals surface area contributed by atoms with Gasteiger partial charge in [-0.2, -0.15) is 17.4 Å². The molecule has 0 unspecified atom stereocenters. The van der Waals surface area contributed by atoms with Crippen molar-refractivity contribution >= 4 is 21.5 Å². The Morgan fingerprint density at radius 2 is 2.22 bits per heavy atom. The first-order chi connectivity index (χ1) is 8.45. The number of thiazole rings is 1. The Kier molecular flexibility index (Phi) is 6.16. The van der Waals surface area contributed by atoms with Gasteiger partial charge in [0.05, 0.1) is 5.01 Å². The van der Waals surface area contributed by atoms with E-state index >= 15 is 0 Å². The maximum absolute atomic E-state index is 11.9. The fourth-order valence-corrected chi connectivity index (χ4v) is 3.11. The normalized spacial score (nSPS) is 12.2. The summed E-state index contributed by atoms with van der Waals surface area (Å²) in [4.78, 5) is 5.00. The van der Waals surface area contributed by atoms with Crippen molar-refractivity contribution < 1.29 is 8.42 Å². The highest BCUT2D eigenvalue weighted by atomic mass is 32.2. The topological polar surface area (TPSA) is 74.3 Å². The number of aromatic nitrogens is 1. The van der Waals surface area contributed by atoms with E-state index in [0.717, 1.165) is 22.9 Å². The van der Waals surface area contributed by atoms with Crippen LogP contribution in [0.15, 0.2) is 6.20 Å². The Morgan fingerprint density at radius 3 is 2.78 bits per heavy atom. The van der Waals surface area contributed by atoms with E-state index in [-0.39, 0.29) is 0 Å². The van der Waals surface area contributed by atoms with Gasteiger partial charge < -0.3 is 5.32 Å². The lowest BCUT2D eigenvalue weighted by Gasteiger charge is -2.17. The second-order valence-electron chi connectivity index (χ2n) is 3.95. The molecule has 0 fully saturated rings. The van der Waals surface area contributed by atoms with E-state index in [0.29, 0.717) is 13.1 Å². The highest BCUT2D eigenvalue weighted by Gasteiger charge is 2.16. The van der Waals surface area contributed by atoms with Gasteiger partial charge >= 0.3 is 0 Å². The van der Waals surface area contributed by atoms with Crippen molar-refractivity contribution in [2.75, 3.05) is 27.2 Å². The predicted octanol–water partition coefficient (Wildman–Crippen LogP) is 0.327. The Morgan fingerprint density at radius 1 is 1.50 bits per heavy atom. The lowest BCUT2D eigenvalue weighted by molar-refractivity contribution is 0.448. The number of hydrogen-bond acceptors (Lipinski definition) is 5. The van der Waals surface area contributed by atoms with Gasteiger partial charge in [-0.25, -0.2) is 4.98 Å². The molecule has 0 spiro atoms. The summed E-state index contributed by atoms with van der Waals surface area (Å²) >= 11 is 1.50. The zero-order chi connectivity index (χ0) is 13.6. The smallest absolute Gasteiger partial charge is 0.279 e. The molecule has 0 amide bonds. The zero-order valence-electron chi connectivity index (χ0n) is 10.9. The molecule has 0 bridgehead atoms. The van der Waals surface area contributed by atoms with Crippen molar-refractivity contribution in [2.24, 2.45) is 0 Å². The average Bonchev–Trinajstić information content (AvgIpc) is 2.73. The molecule has 0 aromatic carbocycles. The van der Waals surface area contributed by atoms with Crippen LogP contribution in [-0.2, 0) is 16.8 Å². The number of nitrogens with one attached hydrogen (secondary N) is 2. The van der Waals surface area contributed by atoms with Gasteiger partial charge in [-0.3, -0.25) is 0 Å². The SMILES string of the molecule is CNCCCN(C)S(=O)(=O)NCc1cnc(C)s1. The molecule has 6 nitrogen and oxygen atoms in total. The van der Waals surface area contributed by atoms with E-state index in [2.05, 4.69) is 15.0 Å². The highest BCUT2D eigenvalue weighted by molar-refractivity contribution is 7.87. The Balaban J connectivity index is 2.43. The van der Waals surface area contributed by atoms with Gasteiger partial charge in [-0.05, 0) is 26.9 Å². The summed E-state index contributed by atoms with van der Waals surface area (Å²) in [6.45, 7) is 3.49. The van der Waals surface area contributed by atoms with Crippen molar-refractivity contribution in [2.45, 2.75) is 19.9 Å². The van der Waals surface area contributed by atoms with Crippen LogP contribution >= 0.6 is 11.3 Å². The number of hydrogen-bond donors (Lipinski definition) is 2. The van der Waals surface area contributed by atoms with E-state index in [1.54, 1.807) is 13.2 Å². The van der Waals surface area contributed by atoms with Crippen LogP contribution in [0.2, 0.25) is 0 Å². The molecule has 18 heavy (non-hydrogen) atoms. The molecule has 0 radical (unpaired) electrons. The van der Waals surface area contributed by atoms with E-state index < -0.39 is 10.2 Å². The third-order valence-corrected chi connectivity index (χ3v) is 4.83. The lowest BCUT2D eigenvalue weighted by Crippen LogP contribution is -2.38. The first kappa shape index (κ1) is 15.5. The first-order valence-corrected chi connectivity index (χ1v) is 7.98. The lowest BCUT2D eigenvalue weighted by atomic mass is 10.4. The van der Waals surface area contributed by atoms with Crippen LogP contribution in [0.5, 0.6) is 0 Å². The zero-order valence-corrected chi connectivity index (χ0v) is 12.6. The Hall–Kier alpha value is -0.540. The molecule has 2 N–H and O–H groups in total. The van der Waals surface area contributed by atoms with Crippen LogP contribution in [-0.4, -0.2) is 44.9 Å². The largest absolute Gasteiger partial charge is 0.320 e. The molecule has 0 aliphatic carbocycles. The van der Waals surface area contributed by atoms with Gasteiger partial charge in [-0.15, -0.1) is 11.3 Å². The molecule has 1 rings (SSSR count). The maximum Gasteiger partial charge on any atom is 0.279 e. The van der Waals surface area contributed by atoms with E-state index in [1.807, 2.05) is 14.0 Å². The van der Waals surface area contributed by atoms with E-state index in [9.17, 15) is 8.42 Å². The molecule has 0 saturated heterocycles. The monoisotopic (exact) mass is 292 g/mol. The standard InChI is InChI=1S/C10H20N4O2S2/c1-9-12-7-10(17-9)8-13-18(15,16)14(3)6-4-5-11-2/h7,11,13H,4-6,8H2,1-3H3. The third-order valence-electron chi connectivity index (χ3n) is 2.41. The van der Waals surface area contributed by atoms with Crippen LogP contribution < -0.4 is 10.0 Å². The van der Waals surface area contributed by atoms with Crippen molar-refractivity contribution in [1.29, 1.82) is 0 Å². The summed E-state index contributed by atoms with van der Waals surface area (Å²) in [5.74, 6) is 0. The highest BCUT2D eigenvalue weighted by Crippen LogP contribution is 2.11. The fourth-order valence-electron chi connectivity index (χ4n) is 1.36. The third kappa shape index (κ3) is 4.99. The minimum absolute atomic E-state index is 0.296. The number of nitrogens with zero attached hydrogens (tertiary/aromatic N) is 2. The first-order valence-electron chi connectivity index (χ1n) is 5.72. The molecule has 8 heteroatoms. The average molecular weight is 292 g/mol. The van der Waals surface area contributed by atoms with Crippen molar-refractivity contribution in [3.05, 3.63) is 16.1 Å². The number of rotatable bonds is 8. The van der Waals surface area contributed by atoms with Gasteiger partial charge in [0.15, 0.2) is 0 Å². The maximum atomic E-state index is 11.9. The van der Waals surface area contributed by atoms with Crippen molar-refractivity contribution in [1.82, 2.24) is 19.3 Å². The summed E-state index contributed by atoms with van der Waals surface area (Å²) in [5, 5.41) is 3.92. The predicted molar refractivity (Wildman–Crippen MR) is 73.8 cm³/mol. The van der Waals surface area contributed by atoms with Gasteiger partial charge in [0.2, 0.25) is 0 Å². The van der Waals surface area contributed by atoms with Crippen molar-refractivity contribution in [3.8, 4) is 0 Å².